The number of hydrogen-bond acceptors (Lipinski definition) is 5. The summed E-state index contributed by atoms with van der Waals surface area (Å²) >= 11 is 6.01. The summed E-state index contributed by atoms with van der Waals surface area (Å²) in [5.74, 6) is 0. The maximum atomic E-state index is 10.8. The molecular formula is C12H6ClN3O3. The smallest absolute Gasteiger partial charge is 0.270 e. The molecule has 2 heterocycles. The van der Waals surface area contributed by atoms with Gasteiger partial charge in [-0.25, -0.2) is 9.97 Å². The van der Waals surface area contributed by atoms with E-state index in [1.807, 2.05) is 0 Å². The summed E-state index contributed by atoms with van der Waals surface area (Å²) in [7, 11) is 0. The highest BCUT2D eigenvalue weighted by atomic mass is 35.5. The summed E-state index contributed by atoms with van der Waals surface area (Å²) in [6.45, 7) is 0. The summed E-state index contributed by atoms with van der Waals surface area (Å²) in [5.41, 5.74) is 1.61. The van der Waals surface area contributed by atoms with E-state index in [4.69, 9.17) is 16.0 Å². The molecular weight excluding hydrogens is 270 g/mol. The van der Waals surface area contributed by atoms with Crippen LogP contribution in [0.3, 0.4) is 0 Å². The molecule has 0 saturated heterocycles. The number of aromatic nitrogens is 2. The summed E-state index contributed by atoms with van der Waals surface area (Å²) in [5, 5.41) is 11.6. The molecule has 0 bridgehead atoms. The first-order chi connectivity index (χ1) is 9.16. The largest absolute Gasteiger partial charge is 0.445 e. The predicted molar refractivity (Wildman–Crippen MR) is 68.9 cm³/mol. The Kier molecular flexibility index (Phi) is 2.64. The van der Waals surface area contributed by atoms with Crippen molar-refractivity contribution in [2.45, 2.75) is 0 Å². The van der Waals surface area contributed by atoms with Crippen LogP contribution in [0, 0.1) is 10.1 Å². The molecule has 0 atom stereocenters. The van der Waals surface area contributed by atoms with E-state index in [1.54, 1.807) is 12.1 Å². The molecule has 0 amide bonds. The molecule has 3 rings (SSSR count). The van der Waals surface area contributed by atoms with Crippen molar-refractivity contribution in [2.24, 2.45) is 0 Å². The molecule has 0 radical (unpaired) electrons. The van der Waals surface area contributed by atoms with Crippen molar-refractivity contribution in [3.63, 3.8) is 0 Å². The fourth-order valence-corrected chi connectivity index (χ4v) is 2.06. The molecule has 0 fully saturated rings. The van der Waals surface area contributed by atoms with Crippen LogP contribution in [0.25, 0.3) is 22.2 Å². The Balaban J connectivity index is 2.25. The molecule has 1 aromatic carbocycles. The van der Waals surface area contributed by atoms with Crippen LogP contribution in [0.15, 0.2) is 41.3 Å². The number of nitro groups is 1. The molecule has 0 aliphatic rings. The Morgan fingerprint density at radius 3 is 2.95 bits per heavy atom. The highest BCUT2D eigenvalue weighted by molar-refractivity contribution is 6.35. The zero-order valence-corrected chi connectivity index (χ0v) is 10.2. The SMILES string of the molecule is O=[N+]([O-])c1cccc(-c2coc3ncnc(Cl)c23)c1. The lowest BCUT2D eigenvalue weighted by molar-refractivity contribution is -0.384. The van der Waals surface area contributed by atoms with E-state index >= 15 is 0 Å². The quantitative estimate of drug-likeness (QED) is 0.406. The number of benzene rings is 1. The first-order valence-electron chi connectivity index (χ1n) is 5.29. The van der Waals surface area contributed by atoms with Crippen molar-refractivity contribution in [1.29, 1.82) is 0 Å². The fraction of sp³-hybridized carbons (Fsp3) is 0. The monoisotopic (exact) mass is 275 g/mol. The van der Waals surface area contributed by atoms with Crippen LogP contribution in [-0.2, 0) is 0 Å². The second-order valence-corrected chi connectivity index (χ2v) is 4.16. The number of nitro benzene ring substituents is 1. The number of furan rings is 1. The molecule has 0 spiro atoms. The van der Waals surface area contributed by atoms with Gasteiger partial charge in [0, 0.05) is 17.7 Å². The molecule has 2 aromatic heterocycles. The third-order valence-electron chi connectivity index (χ3n) is 2.69. The van der Waals surface area contributed by atoms with Gasteiger partial charge >= 0.3 is 0 Å². The van der Waals surface area contributed by atoms with E-state index in [-0.39, 0.29) is 10.8 Å². The van der Waals surface area contributed by atoms with Crippen molar-refractivity contribution in [3.8, 4) is 11.1 Å². The van der Waals surface area contributed by atoms with Gasteiger partial charge in [0.05, 0.1) is 10.3 Å². The molecule has 0 aliphatic heterocycles. The van der Waals surface area contributed by atoms with E-state index in [9.17, 15) is 10.1 Å². The second kappa shape index (κ2) is 4.33. The Morgan fingerprint density at radius 1 is 1.32 bits per heavy atom. The summed E-state index contributed by atoms with van der Waals surface area (Å²) < 4.78 is 5.28. The third-order valence-corrected chi connectivity index (χ3v) is 2.98. The first-order valence-corrected chi connectivity index (χ1v) is 5.67. The van der Waals surface area contributed by atoms with Crippen LogP contribution >= 0.6 is 11.6 Å². The molecule has 19 heavy (non-hydrogen) atoms. The second-order valence-electron chi connectivity index (χ2n) is 3.80. The average molecular weight is 276 g/mol. The lowest BCUT2D eigenvalue weighted by Gasteiger charge is -1.99. The van der Waals surface area contributed by atoms with Crippen molar-refractivity contribution in [3.05, 3.63) is 52.1 Å². The van der Waals surface area contributed by atoms with E-state index in [1.165, 1.54) is 24.7 Å². The van der Waals surface area contributed by atoms with Gasteiger partial charge in [0.2, 0.25) is 5.71 Å². The third kappa shape index (κ3) is 1.92. The Labute approximate surface area is 111 Å². The minimum Gasteiger partial charge on any atom is -0.445 e. The van der Waals surface area contributed by atoms with E-state index in [0.717, 1.165) is 0 Å². The Hall–Kier alpha value is -2.47. The number of fused-ring (bicyclic) bond motifs is 1. The molecule has 94 valence electrons. The maximum absolute atomic E-state index is 10.8. The number of halogens is 1. The van der Waals surface area contributed by atoms with Crippen LogP contribution in [0.2, 0.25) is 5.15 Å². The lowest BCUT2D eigenvalue weighted by atomic mass is 10.1. The predicted octanol–water partition coefficient (Wildman–Crippen LogP) is 3.45. The number of nitrogens with zero attached hydrogens (tertiary/aromatic N) is 3. The van der Waals surface area contributed by atoms with Crippen LogP contribution in [-0.4, -0.2) is 14.9 Å². The lowest BCUT2D eigenvalue weighted by Crippen LogP contribution is -1.88. The van der Waals surface area contributed by atoms with Gasteiger partial charge in [-0.3, -0.25) is 10.1 Å². The van der Waals surface area contributed by atoms with Crippen molar-refractivity contribution in [1.82, 2.24) is 9.97 Å². The van der Waals surface area contributed by atoms with Gasteiger partial charge in [0.25, 0.3) is 5.69 Å². The van der Waals surface area contributed by atoms with Gasteiger partial charge in [0.1, 0.15) is 17.7 Å². The van der Waals surface area contributed by atoms with Crippen LogP contribution < -0.4 is 0 Å². The van der Waals surface area contributed by atoms with E-state index < -0.39 is 4.92 Å². The number of non-ortho nitro benzene ring substituents is 1. The minimum atomic E-state index is -0.454. The van der Waals surface area contributed by atoms with Crippen LogP contribution in [0.1, 0.15) is 0 Å². The maximum Gasteiger partial charge on any atom is 0.270 e. The normalized spacial score (nSPS) is 10.8. The number of hydrogen-bond donors (Lipinski definition) is 0. The molecule has 6 nitrogen and oxygen atoms in total. The molecule has 0 saturated carbocycles. The zero-order valence-electron chi connectivity index (χ0n) is 9.41. The molecule has 7 heteroatoms. The minimum absolute atomic E-state index is 0.000165. The van der Waals surface area contributed by atoms with Crippen LogP contribution in [0.5, 0.6) is 0 Å². The average Bonchev–Trinajstić information content (AvgIpc) is 2.84. The summed E-state index contributed by atoms with van der Waals surface area (Å²) in [6.07, 6.45) is 2.76. The van der Waals surface area contributed by atoms with Gasteiger partial charge in [-0.15, -0.1) is 0 Å². The zero-order chi connectivity index (χ0) is 13.4. The van der Waals surface area contributed by atoms with Crippen molar-refractivity contribution in [2.75, 3.05) is 0 Å². The Bertz CT molecular complexity index is 785. The molecule has 3 aromatic rings. The van der Waals surface area contributed by atoms with E-state index in [0.29, 0.717) is 22.2 Å². The fourth-order valence-electron chi connectivity index (χ4n) is 1.84. The highest BCUT2D eigenvalue weighted by Crippen LogP contribution is 2.34. The molecule has 0 unspecified atom stereocenters. The molecule has 0 N–H and O–H groups in total. The van der Waals surface area contributed by atoms with Gasteiger partial charge in [-0.05, 0) is 5.56 Å². The summed E-state index contributed by atoms with van der Waals surface area (Å²) in [4.78, 5) is 18.2. The van der Waals surface area contributed by atoms with Crippen molar-refractivity contribution >= 4 is 28.4 Å². The Morgan fingerprint density at radius 2 is 2.16 bits per heavy atom. The van der Waals surface area contributed by atoms with Gasteiger partial charge in [-0.2, -0.15) is 0 Å². The highest BCUT2D eigenvalue weighted by Gasteiger charge is 2.15. The van der Waals surface area contributed by atoms with Crippen LogP contribution in [0.4, 0.5) is 5.69 Å². The molecule has 0 aliphatic carbocycles. The topological polar surface area (TPSA) is 82.1 Å². The van der Waals surface area contributed by atoms with Gasteiger partial charge < -0.3 is 4.42 Å². The van der Waals surface area contributed by atoms with Gasteiger partial charge in [-0.1, -0.05) is 23.7 Å². The first kappa shape index (κ1) is 11.6. The standard InChI is InChI=1S/C12H6ClN3O3/c13-11-10-9(5-19-12(10)15-6-14-11)7-2-1-3-8(4-7)16(17)18/h1-6H. The van der Waals surface area contributed by atoms with Gasteiger partial charge in [0.15, 0.2) is 0 Å². The number of rotatable bonds is 2. The summed E-state index contributed by atoms with van der Waals surface area (Å²) in [6, 6.07) is 6.21. The van der Waals surface area contributed by atoms with Crippen molar-refractivity contribution < 1.29 is 9.34 Å². The van der Waals surface area contributed by atoms with E-state index in [2.05, 4.69) is 9.97 Å².